The van der Waals surface area contributed by atoms with Crippen molar-refractivity contribution < 1.29 is 14.3 Å². The molecule has 0 aromatic heterocycles. The van der Waals surface area contributed by atoms with Crippen molar-refractivity contribution in [2.24, 2.45) is 17.8 Å². The van der Waals surface area contributed by atoms with Crippen molar-refractivity contribution in [1.29, 1.82) is 0 Å². The van der Waals surface area contributed by atoms with Gasteiger partial charge in [0.1, 0.15) is 17.1 Å². The summed E-state index contributed by atoms with van der Waals surface area (Å²) in [5.41, 5.74) is 4.29. The molecule has 3 nitrogen and oxygen atoms in total. The second-order valence-electron chi connectivity index (χ2n) is 16.5. The molecule has 1 heterocycles. The van der Waals surface area contributed by atoms with E-state index < -0.39 is 0 Å². The van der Waals surface area contributed by atoms with Crippen LogP contribution in [0.2, 0.25) is 0 Å². The van der Waals surface area contributed by atoms with Gasteiger partial charge in [-0.25, -0.2) is 0 Å². The Hall–Kier alpha value is -2.81. The Morgan fingerprint density at radius 1 is 0.692 bits per heavy atom. The van der Waals surface area contributed by atoms with Crippen molar-refractivity contribution in [3.05, 3.63) is 83.0 Å². The first kappa shape index (κ1) is 45.3. The summed E-state index contributed by atoms with van der Waals surface area (Å²) < 4.78 is 12.9. The van der Waals surface area contributed by atoms with Gasteiger partial charge in [-0.15, -0.1) is 0 Å². The maximum Gasteiger partial charge on any atom is 0.311 e. The van der Waals surface area contributed by atoms with Crippen molar-refractivity contribution in [3.8, 4) is 11.5 Å². The van der Waals surface area contributed by atoms with Gasteiger partial charge in [0.05, 0.1) is 0 Å². The Kier molecular flexibility index (Phi) is 22.7. The Bertz CT molecular complexity index is 1310. The van der Waals surface area contributed by atoms with E-state index in [1.165, 1.54) is 56.9 Å². The predicted octanol–water partition coefficient (Wildman–Crippen LogP) is 15.0. The van der Waals surface area contributed by atoms with Crippen molar-refractivity contribution in [2.75, 3.05) is 0 Å². The summed E-state index contributed by atoms with van der Waals surface area (Å²) in [6.07, 6.45) is 43.0. The summed E-state index contributed by atoms with van der Waals surface area (Å²) in [6.45, 7) is 20.3. The van der Waals surface area contributed by atoms with E-state index in [1.807, 2.05) is 0 Å². The number of allylic oxidation sites excluding steroid dienone is 10. The number of hydrogen-bond acceptors (Lipinski definition) is 3. The van der Waals surface area contributed by atoms with E-state index in [4.69, 9.17) is 9.47 Å². The van der Waals surface area contributed by atoms with Crippen LogP contribution in [0.15, 0.2) is 60.8 Å². The average Bonchev–Trinajstić information content (AvgIpc) is 3.10. The molecule has 0 N–H and O–H groups in total. The van der Waals surface area contributed by atoms with Gasteiger partial charge in [-0.1, -0.05) is 140 Å². The fraction of sp³-hybridized carbons (Fsp3) is 0.653. The lowest BCUT2D eigenvalue weighted by molar-refractivity contribution is -0.134. The average molecular weight is 715 g/mol. The Balaban J connectivity index is 1.72. The van der Waals surface area contributed by atoms with Gasteiger partial charge < -0.3 is 9.47 Å². The fourth-order valence-electron chi connectivity index (χ4n) is 7.31. The lowest BCUT2D eigenvalue weighted by Crippen LogP contribution is -2.37. The van der Waals surface area contributed by atoms with Crippen molar-refractivity contribution >= 4 is 5.97 Å². The van der Waals surface area contributed by atoms with Crippen LogP contribution in [0, 0.1) is 38.5 Å². The molecule has 3 atom stereocenters. The molecule has 0 amide bonds. The fourth-order valence-corrected chi connectivity index (χ4v) is 7.31. The Labute approximate surface area is 321 Å². The van der Waals surface area contributed by atoms with E-state index in [0.717, 1.165) is 110 Å². The van der Waals surface area contributed by atoms with E-state index in [-0.39, 0.29) is 11.6 Å². The molecule has 0 fully saturated rings. The van der Waals surface area contributed by atoms with Crippen LogP contribution in [0.1, 0.15) is 179 Å². The van der Waals surface area contributed by atoms with E-state index in [0.29, 0.717) is 6.42 Å². The maximum absolute atomic E-state index is 12.9. The smallest absolute Gasteiger partial charge is 0.311 e. The SMILES string of the molecule is CCC=CCC=CCC=CCC=CCC=CCCCC(=O)Oc1c(C)c(C)c2c(c1C)CC[C@@](C)(CCC[C@H](C)CCC[C@H](C)CCCC(C)C)O2. The zero-order valence-electron chi connectivity index (χ0n) is 35.2. The number of hydrogen-bond donors (Lipinski definition) is 0. The van der Waals surface area contributed by atoms with E-state index >= 15 is 0 Å². The van der Waals surface area contributed by atoms with E-state index in [1.54, 1.807) is 0 Å². The number of benzene rings is 1. The molecular formula is C49H78O3. The predicted molar refractivity (Wildman–Crippen MR) is 227 cm³/mol. The topological polar surface area (TPSA) is 35.5 Å². The molecular weight excluding hydrogens is 637 g/mol. The van der Waals surface area contributed by atoms with Gasteiger partial charge in [0.15, 0.2) is 0 Å². The van der Waals surface area contributed by atoms with Crippen molar-refractivity contribution in [3.63, 3.8) is 0 Å². The monoisotopic (exact) mass is 715 g/mol. The minimum Gasteiger partial charge on any atom is -0.487 e. The van der Waals surface area contributed by atoms with Crippen LogP contribution in [0.4, 0.5) is 0 Å². The molecule has 0 saturated heterocycles. The van der Waals surface area contributed by atoms with Gasteiger partial charge in [-0.05, 0) is 133 Å². The lowest BCUT2D eigenvalue weighted by Gasteiger charge is -2.38. The van der Waals surface area contributed by atoms with Crippen LogP contribution < -0.4 is 9.47 Å². The summed E-state index contributed by atoms with van der Waals surface area (Å²) >= 11 is 0. The standard InChI is InChI=1S/C49H78O3/c1-10-11-12-13-14-15-16-17-18-19-20-21-22-23-24-25-26-35-46(50)51-47-42(6)43(7)48-45(44(47)8)36-38-49(9,52-48)37-29-34-41(5)33-28-32-40(4)31-27-30-39(2)3/h11-12,14-15,17-18,20-21,23-24,39-41H,10,13,16,19,22,25-38H2,1-9H3/t40-,41-,49-/m1/s1. The highest BCUT2D eigenvalue weighted by Gasteiger charge is 2.34. The van der Waals surface area contributed by atoms with Gasteiger partial charge in [-0.3, -0.25) is 4.79 Å². The molecule has 3 heteroatoms. The van der Waals surface area contributed by atoms with Crippen LogP contribution in [-0.4, -0.2) is 11.6 Å². The lowest BCUT2D eigenvalue weighted by atomic mass is 9.83. The minimum absolute atomic E-state index is 0.136. The molecule has 0 radical (unpaired) electrons. The highest BCUT2D eigenvalue weighted by atomic mass is 16.5. The number of carbonyl (C=O) groups excluding carboxylic acids is 1. The molecule has 1 aliphatic rings. The number of rotatable bonds is 26. The molecule has 1 aromatic rings. The highest BCUT2D eigenvalue weighted by molar-refractivity contribution is 5.74. The highest BCUT2D eigenvalue weighted by Crippen LogP contribution is 2.45. The first-order valence-corrected chi connectivity index (χ1v) is 21.2. The third kappa shape index (κ3) is 18.3. The third-order valence-corrected chi connectivity index (χ3v) is 11.0. The van der Waals surface area contributed by atoms with Gasteiger partial charge in [0.2, 0.25) is 0 Å². The first-order valence-electron chi connectivity index (χ1n) is 21.2. The third-order valence-electron chi connectivity index (χ3n) is 11.0. The van der Waals surface area contributed by atoms with Gasteiger partial charge >= 0.3 is 5.97 Å². The summed E-state index contributed by atoms with van der Waals surface area (Å²) in [5, 5.41) is 0. The van der Waals surface area contributed by atoms with Crippen LogP contribution in [0.3, 0.4) is 0 Å². The molecule has 1 aromatic carbocycles. The summed E-state index contributed by atoms with van der Waals surface area (Å²) in [7, 11) is 0. The van der Waals surface area contributed by atoms with E-state index in [2.05, 4.69) is 123 Å². The van der Waals surface area contributed by atoms with Gasteiger partial charge in [-0.2, -0.15) is 0 Å². The van der Waals surface area contributed by atoms with Gasteiger partial charge in [0.25, 0.3) is 0 Å². The van der Waals surface area contributed by atoms with Crippen molar-refractivity contribution in [2.45, 2.75) is 190 Å². The molecule has 0 saturated carbocycles. The Morgan fingerprint density at radius 2 is 1.21 bits per heavy atom. The van der Waals surface area contributed by atoms with Crippen LogP contribution in [0.5, 0.6) is 11.5 Å². The molecule has 0 bridgehead atoms. The molecule has 1 aliphatic heterocycles. The Morgan fingerprint density at radius 3 is 1.77 bits per heavy atom. The molecule has 0 unspecified atom stereocenters. The van der Waals surface area contributed by atoms with Crippen LogP contribution >= 0.6 is 0 Å². The molecule has 52 heavy (non-hydrogen) atoms. The second kappa shape index (κ2) is 26.0. The molecule has 2 rings (SSSR count). The molecule has 0 aliphatic carbocycles. The summed E-state index contributed by atoms with van der Waals surface area (Å²) in [5.74, 6) is 4.09. The number of fused-ring (bicyclic) bond motifs is 1. The van der Waals surface area contributed by atoms with Crippen molar-refractivity contribution in [1.82, 2.24) is 0 Å². The summed E-state index contributed by atoms with van der Waals surface area (Å²) in [6, 6.07) is 0. The largest absolute Gasteiger partial charge is 0.487 e. The second-order valence-corrected chi connectivity index (χ2v) is 16.5. The maximum atomic E-state index is 12.9. The molecule has 0 spiro atoms. The minimum atomic E-state index is -0.144. The van der Waals surface area contributed by atoms with Crippen LogP contribution in [0.25, 0.3) is 0 Å². The molecule has 292 valence electrons. The first-order chi connectivity index (χ1) is 25.0. The van der Waals surface area contributed by atoms with Gasteiger partial charge in [0, 0.05) is 12.0 Å². The zero-order valence-corrected chi connectivity index (χ0v) is 35.2. The van der Waals surface area contributed by atoms with E-state index in [9.17, 15) is 4.79 Å². The van der Waals surface area contributed by atoms with Crippen LogP contribution in [-0.2, 0) is 11.2 Å². The zero-order chi connectivity index (χ0) is 38.2. The summed E-state index contributed by atoms with van der Waals surface area (Å²) in [4.78, 5) is 12.9. The normalized spacial score (nSPS) is 17.7. The number of unbranched alkanes of at least 4 members (excludes halogenated alkanes) is 1. The number of carbonyl (C=O) groups is 1. The number of esters is 1. The quantitative estimate of drug-likeness (QED) is 0.0415. The number of ether oxygens (including phenoxy) is 2.